The third-order valence-corrected chi connectivity index (χ3v) is 3.80. The van der Waals surface area contributed by atoms with Gasteiger partial charge in [0, 0.05) is 13.6 Å². The van der Waals surface area contributed by atoms with Crippen LogP contribution in [-0.4, -0.2) is 48.5 Å². The molecule has 0 saturated heterocycles. The molecule has 0 fully saturated rings. The summed E-state index contributed by atoms with van der Waals surface area (Å²) >= 11 is 1.19. The minimum atomic E-state index is -0.410. The van der Waals surface area contributed by atoms with E-state index >= 15 is 0 Å². The highest BCUT2D eigenvalue weighted by molar-refractivity contribution is 7.17. The van der Waals surface area contributed by atoms with Gasteiger partial charge in [0.1, 0.15) is 10.9 Å². The summed E-state index contributed by atoms with van der Waals surface area (Å²) < 4.78 is 4.67. The van der Waals surface area contributed by atoms with Crippen LogP contribution in [0.4, 0.5) is 5.13 Å². The van der Waals surface area contributed by atoms with Crippen molar-refractivity contribution in [3.05, 3.63) is 10.6 Å². The lowest BCUT2D eigenvalue weighted by Crippen LogP contribution is -2.38. The minimum absolute atomic E-state index is 0.0185. The number of ether oxygens (including phenoxy) is 1. The molecule has 0 aliphatic heterocycles. The van der Waals surface area contributed by atoms with E-state index in [1.54, 1.807) is 25.8 Å². The summed E-state index contributed by atoms with van der Waals surface area (Å²) in [5.74, 6) is -0.428. The fourth-order valence-electron chi connectivity index (χ4n) is 1.47. The van der Waals surface area contributed by atoms with E-state index < -0.39 is 5.97 Å². The molecule has 6 nitrogen and oxygen atoms in total. The molecule has 0 bridgehead atoms. The average Bonchev–Trinajstić information content (AvgIpc) is 2.76. The van der Waals surface area contributed by atoms with E-state index in [1.165, 1.54) is 18.4 Å². The van der Waals surface area contributed by atoms with Crippen LogP contribution in [0.5, 0.6) is 0 Å². The van der Waals surface area contributed by atoms with Crippen molar-refractivity contribution in [1.82, 2.24) is 9.88 Å². The molecule has 1 heterocycles. The molecular formula is C12H19N3O3S. The number of aromatic nitrogens is 1. The van der Waals surface area contributed by atoms with E-state index in [0.717, 1.165) is 0 Å². The Hall–Kier alpha value is -1.63. The Morgan fingerprint density at radius 1 is 1.53 bits per heavy atom. The van der Waals surface area contributed by atoms with Crippen LogP contribution >= 0.6 is 11.3 Å². The molecule has 1 aromatic heterocycles. The lowest BCUT2D eigenvalue weighted by molar-refractivity contribution is -0.130. The number of rotatable bonds is 5. The Balaban J connectivity index is 2.78. The number of carbonyl (C=O) groups excluding carboxylic acids is 2. The minimum Gasteiger partial charge on any atom is -0.465 e. The number of hydrogen-bond donors (Lipinski definition) is 1. The second-order valence-corrected chi connectivity index (χ2v) is 5.14. The summed E-state index contributed by atoms with van der Waals surface area (Å²) in [5, 5.41) is 3.55. The van der Waals surface area contributed by atoms with Crippen molar-refractivity contribution in [1.29, 1.82) is 0 Å². The molecule has 106 valence electrons. The molecule has 0 aliphatic carbocycles. The van der Waals surface area contributed by atoms with Crippen molar-refractivity contribution in [2.24, 2.45) is 0 Å². The van der Waals surface area contributed by atoms with Crippen molar-refractivity contribution in [2.75, 3.05) is 26.0 Å². The first-order chi connectivity index (χ1) is 8.90. The van der Waals surface area contributed by atoms with E-state index in [-0.39, 0.29) is 11.9 Å². The monoisotopic (exact) mass is 285 g/mol. The average molecular weight is 285 g/mol. The van der Waals surface area contributed by atoms with Gasteiger partial charge in [-0.1, -0.05) is 11.3 Å². The zero-order chi connectivity index (χ0) is 14.6. The number of aryl methyl sites for hydroxylation is 1. The molecule has 0 radical (unpaired) electrons. The smallest absolute Gasteiger partial charge is 0.350 e. The highest BCUT2D eigenvalue weighted by Gasteiger charge is 2.20. The van der Waals surface area contributed by atoms with Gasteiger partial charge in [-0.2, -0.15) is 0 Å². The predicted molar refractivity (Wildman–Crippen MR) is 74.6 cm³/mol. The predicted octanol–water partition coefficient (Wildman–Crippen LogP) is 1.52. The van der Waals surface area contributed by atoms with Gasteiger partial charge in [-0.25, -0.2) is 9.78 Å². The summed E-state index contributed by atoms with van der Waals surface area (Å²) in [7, 11) is 3.07. The molecule has 0 aromatic carbocycles. The number of esters is 1. The van der Waals surface area contributed by atoms with Crippen LogP contribution in [0.1, 0.15) is 29.2 Å². The third kappa shape index (κ3) is 3.66. The first kappa shape index (κ1) is 15.4. The van der Waals surface area contributed by atoms with Crippen molar-refractivity contribution < 1.29 is 14.3 Å². The number of anilines is 1. The number of carbonyl (C=O) groups is 2. The maximum absolute atomic E-state index is 11.9. The van der Waals surface area contributed by atoms with Crippen molar-refractivity contribution >= 4 is 28.3 Å². The molecule has 1 amide bonds. The molecule has 7 heteroatoms. The number of likely N-dealkylation sites (N-methyl/N-ethyl adjacent to an activating group) is 1. The Bertz CT molecular complexity index is 473. The molecule has 19 heavy (non-hydrogen) atoms. The maximum Gasteiger partial charge on any atom is 0.350 e. The van der Waals surface area contributed by atoms with Crippen molar-refractivity contribution in [3.8, 4) is 0 Å². The van der Waals surface area contributed by atoms with Gasteiger partial charge in [-0.15, -0.1) is 0 Å². The summed E-state index contributed by atoms with van der Waals surface area (Å²) in [6, 6.07) is -0.388. The van der Waals surface area contributed by atoms with Gasteiger partial charge in [-0.3, -0.25) is 4.79 Å². The van der Waals surface area contributed by atoms with Crippen molar-refractivity contribution in [3.63, 3.8) is 0 Å². The second-order valence-electron chi connectivity index (χ2n) is 4.14. The molecule has 1 unspecified atom stereocenters. The van der Waals surface area contributed by atoms with Gasteiger partial charge in [0.15, 0.2) is 5.13 Å². The van der Waals surface area contributed by atoms with E-state index in [0.29, 0.717) is 22.2 Å². The van der Waals surface area contributed by atoms with E-state index in [4.69, 9.17) is 0 Å². The molecular weight excluding hydrogens is 266 g/mol. The van der Waals surface area contributed by atoms with Gasteiger partial charge in [-0.05, 0) is 20.8 Å². The standard InChI is InChI=1S/C12H19N3O3S/c1-6-15(4)10(16)8(3)14-12-13-7(2)9(19-12)11(17)18-5/h8H,6H2,1-5H3,(H,13,14). The van der Waals surface area contributed by atoms with Gasteiger partial charge < -0.3 is 15.0 Å². The van der Waals surface area contributed by atoms with Gasteiger partial charge in [0.25, 0.3) is 0 Å². The third-order valence-electron chi connectivity index (χ3n) is 2.73. The van der Waals surface area contributed by atoms with Crippen molar-refractivity contribution in [2.45, 2.75) is 26.8 Å². The second kappa shape index (κ2) is 6.51. The number of nitrogens with zero attached hydrogens (tertiary/aromatic N) is 2. The summed E-state index contributed by atoms with van der Waals surface area (Å²) in [4.78, 5) is 29.7. The number of amides is 1. The quantitative estimate of drug-likeness (QED) is 0.830. The lowest BCUT2D eigenvalue weighted by atomic mass is 10.3. The van der Waals surface area contributed by atoms with Gasteiger partial charge in [0.05, 0.1) is 12.8 Å². The van der Waals surface area contributed by atoms with E-state index in [1.807, 2.05) is 6.92 Å². The summed E-state index contributed by atoms with van der Waals surface area (Å²) in [5.41, 5.74) is 0.600. The number of thiazole rings is 1. The van der Waals surface area contributed by atoms with E-state index in [9.17, 15) is 9.59 Å². The first-order valence-electron chi connectivity index (χ1n) is 5.97. The maximum atomic E-state index is 11.9. The van der Waals surface area contributed by atoms with Crippen LogP contribution in [0.15, 0.2) is 0 Å². The number of methoxy groups -OCH3 is 1. The van der Waals surface area contributed by atoms with Crippen LogP contribution in [-0.2, 0) is 9.53 Å². The van der Waals surface area contributed by atoms with Gasteiger partial charge >= 0.3 is 5.97 Å². The molecule has 1 rings (SSSR count). The fourth-order valence-corrected chi connectivity index (χ4v) is 2.45. The zero-order valence-electron chi connectivity index (χ0n) is 11.8. The highest BCUT2D eigenvalue weighted by Crippen LogP contribution is 2.23. The molecule has 1 aromatic rings. The summed E-state index contributed by atoms with van der Waals surface area (Å²) in [6.07, 6.45) is 0. The van der Waals surface area contributed by atoms with Crippen LogP contribution in [0.25, 0.3) is 0 Å². The Morgan fingerprint density at radius 3 is 2.68 bits per heavy atom. The van der Waals surface area contributed by atoms with Crippen LogP contribution in [0, 0.1) is 6.92 Å². The van der Waals surface area contributed by atoms with E-state index in [2.05, 4.69) is 15.0 Å². The fraction of sp³-hybridized carbons (Fsp3) is 0.583. The van der Waals surface area contributed by atoms with Crippen LogP contribution < -0.4 is 5.32 Å². The molecule has 0 aliphatic rings. The Labute approximate surface area is 116 Å². The Kier molecular flexibility index (Phi) is 5.29. The SMILES string of the molecule is CCN(C)C(=O)C(C)Nc1nc(C)c(C(=O)OC)s1. The molecule has 1 N–H and O–H groups in total. The Morgan fingerprint density at radius 2 is 2.16 bits per heavy atom. The van der Waals surface area contributed by atoms with Gasteiger partial charge in [0.2, 0.25) is 5.91 Å². The zero-order valence-corrected chi connectivity index (χ0v) is 12.6. The molecule has 0 spiro atoms. The summed E-state index contributed by atoms with van der Waals surface area (Å²) in [6.45, 7) is 6.06. The lowest BCUT2D eigenvalue weighted by Gasteiger charge is -2.20. The van der Waals surface area contributed by atoms with Crippen LogP contribution in [0.2, 0.25) is 0 Å². The largest absolute Gasteiger partial charge is 0.465 e. The normalized spacial score (nSPS) is 11.8. The molecule has 0 saturated carbocycles. The first-order valence-corrected chi connectivity index (χ1v) is 6.79. The topological polar surface area (TPSA) is 71.5 Å². The highest BCUT2D eigenvalue weighted by atomic mass is 32.1. The number of hydrogen-bond acceptors (Lipinski definition) is 6. The van der Waals surface area contributed by atoms with Crippen LogP contribution in [0.3, 0.4) is 0 Å². The molecule has 1 atom stereocenters. The number of nitrogens with one attached hydrogen (secondary N) is 1.